The molecule has 0 saturated carbocycles. The van der Waals surface area contributed by atoms with Crippen molar-refractivity contribution in [2.45, 2.75) is 39.7 Å². The third-order valence-corrected chi connectivity index (χ3v) is 3.56. The highest BCUT2D eigenvalue weighted by molar-refractivity contribution is 5.87. The van der Waals surface area contributed by atoms with Gasteiger partial charge in [0.2, 0.25) is 5.91 Å². The molecule has 0 aliphatic carbocycles. The van der Waals surface area contributed by atoms with Gasteiger partial charge in [-0.2, -0.15) is 0 Å². The van der Waals surface area contributed by atoms with Crippen LogP contribution in [0.3, 0.4) is 0 Å². The van der Waals surface area contributed by atoms with E-state index in [2.05, 4.69) is 5.32 Å². The van der Waals surface area contributed by atoms with E-state index in [4.69, 9.17) is 0 Å². The van der Waals surface area contributed by atoms with E-state index in [1.807, 2.05) is 0 Å². The second-order valence-electron chi connectivity index (χ2n) is 6.53. The van der Waals surface area contributed by atoms with Crippen LogP contribution in [-0.4, -0.2) is 65.5 Å². The Balaban J connectivity index is 2.57. The van der Waals surface area contributed by atoms with E-state index in [9.17, 15) is 19.5 Å². The van der Waals surface area contributed by atoms with E-state index in [0.717, 1.165) is 25.9 Å². The van der Waals surface area contributed by atoms with E-state index >= 15 is 0 Å². The maximum atomic E-state index is 12.0. The maximum absolute atomic E-state index is 12.0. The van der Waals surface area contributed by atoms with Gasteiger partial charge in [0, 0.05) is 20.1 Å². The van der Waals surface area contributed by atoms with Crippen molar-refractivity contribution in [1.82, 2.24) is 15.1 Å². The number of rotatable bonds is 4. The standard InChI is InChI=1S/C14H25N3O4/c1-14(2,3)11(12(19)20)15-13(21)16(4)9-10(18)17-7-5-6-8-17/h11H,5-9H2,1-4H3,(H,15,21)(H,19,20)/t11-/m1/s1. The van der Waals surface area contributed by atoms with Crippen molar-refractivity contribution in [3.05, 3.63) is 0 Å². The van der Waals surface area contributed by atoms with Crippen LogP contribution in [-0.2, 0) is 9.59 Å². The number of nitrogens with zero attached hydrogens (tertiary/aromatic N) is 2. The molecule has 0 unspecified atom stereocenters. The molecular formula is C14H25N3O4. The van der Waals surface area contributed by atoms with Crippen LogP contribution < -0.4 is 5.32 Å². The predicted molar refractivity (Wildman–Crippen MR) is 77.9 cm³/mol. The molecule has 1 fully saturated rings. The van der Waals surface area contributed by atoms with Crippen LogP contribution in [0.4, 0.5) is 4.79 Å². The molecule has 0 bridgehead atoms. The molecule has 0 aromatic carbocycles. The molecule has 7 heteroatoms. The number of hydrogen-bond donors (Lipinski definition) is 2. The van der Waals surface area contributed by atoms with Crippen LogP contribution in [0.5, 0.6) is 0 Å². The molecule has 2 N–H and O–H groups in total. The molecule has 1 heterocycles. The monoisotopic (exact) mass is 299 g/mol. The zero-order chi connectivity index (χ0) is 16.2. The molecule has 0 aromatic heterocycles. The largest absolute Gasteiger partial charge is 0.480 e. The third kappa shape index (κ3) is 4.91. The van der Waals surface area contributed by atoms with Gasteiger partial charge in [0.05, 0.1) is 0 Å². The van der Waals surface area contributed by atoms with Gasteiger partial charge in [-0.3, -0.25) is 4.79 Å². The first-order chi connectivity index (χ1) is 9.62. The van der Waals surface area contributed by atoms with Crippen LogP contribution in [0.15, 0.2) is 0 Å². The van der Waals surface area contributed by atoms with Gasteiger partial charge in [-0.25, -0.2) is 9.59 Å². The van der Waals surface area contributed by atoms with Crippen molar-refractivity contribution in [2.75, 3.05) is 26.7 Å². The number of carboxylic acid groups (broad SMARTS) is 1. The number of nitrogens with one attached hydrogen (secondary N) is 1. The van der Waals surface area contributed by atoms with Crippen LogP contribution in [0.2, 0.25) is 0 Å². The molecule has 3 amide bonds. The lowest BCUT2D eigenvalue weighted by Gasteiger charge is -2.30. The van der Waals surface area contributed by atoms with Crippen LogP contribution in [0.25, 0.3) is 0 Å². The summed E-state index contributed by atoms with van der Waals surface area (Å²) in [5.41, 5.74) is -0.610. The van der Waals surface area contributed by atoms with E-state index in [1.165, 1.54) is 11.9 Å². The number of likely N-dealkylation sites (tertiary alicyclic amines) is 1. The van der Waals surface area contributed by atoms with Crippen molar-refractivity contribution >= 4 is 17.9 Å². The summed E-state index contributed by atoms with van der Waals surface area (Å²) >= 11 is 0. The van der Waals surface area contributed by atoms with Gasteiger partial charge < -0.3 is 20.2 Å². The molecule has 21 heavy (non-hydrogen) atoms. The first-order valence-electron chi connectivity index (χ1n) is 7.15. The zero-order valence-electron chi connectivity index (χ0n) is 13.2. The summed E-state index contributed by atoms with van der Waals surface area (Å²) in [6.45, 7) is 6.63. The lowest BCUT2D eigenvalue weighted by molar-refractivity contribution is -0.142. The smallest absolute Gasteiger partial charge is 0.326 e. The van der Waals surface area contributed by atoms with Crippen molar-refractivity contribution in [2.24, 2.45) is 5.41 Å². The van der Waals surface area contributed by atoms with Crippen molar-refractivity contribution in [3.63, 3.8) is 0 Å². The summed E-state index contributed by atoms with van der Waals surface area (Å²) in [7, 11) is 1.49. The first-order valence-corrected chi connectivity index (χ1v) is 7.15. The Bertz CT molecular complexity index is 411. The summed E-state index contributed by atoms with van der Waals surface area (Å²) < 4.78 is 0. The molecule has 1 atom stereocenters. The first kappa shape index (κ1) is 17.3. The second kappa shape index (κ2) is 6.78. The average Bonchev–Trinajstić information content (AvgIpc) is 2.87. The Morgan fingerprint density at radius 2 is 1.76 bits per heavy atom. The summed E-state index contributed by atoms with van der Waals surface area (Å²) in [6.07, 6.45) is 1.99. The number of urea groups is 1. The van der Waals surface area contributed by atoms with E-state index < -0.39 is 23.5 Å². The topological polar surface area (TPSA) is 90.0 Å². The molecule has 0 spiro atoms. The summed E-state index contributed by atoms with van der Waals surface area (Å²) in [5.74, 6) is -1.19. The Hall–Kier alpha value is -1.79. The summed E-state index contributed by atoms with van der Waals surface area (Å²) in [5, 5.41) is 11.7. The van der Waals surface area contributed by atoms with Crippen LogP contribution >= 0.6 is 0 Å². The zero-order valence-corrected chi connectivity index (χ0v) is 13.2. The Labute approximate surface area is 125 Å². The number of carbonyl (C=O) groups is 3. The van der Waals surface area contributed by atoms with E-state index in [1.54, 1.807) is 25.7 Å². The molecule has 7 nitrogen and oxygen atoms in total. The molecule has 0 radical (unpaired) electrons. The Kier molecular flexibility index (Phi) is 5.57. The second-order valence-corrected chi connectivity index (χ2v) is 6.53. The van der Waals surface area contributed by atoms with Gasteiger partial charge in [0.1, 0.15) is 12.6 Å². The van der Waals surface area contributed by atoms with E-state index in [-0.39, 0.29) is 12.5 Å². The fraction of sp³-hybridized carbons (Fsp3) is 0.786. The van der Waals surface area contributed by atoms with Crippen LogP contribution in [0, 0.1) is 5.41 Å². The van der Waals surface area contributed by atoms with Crippen molar-refractivity contribution in [1.29, 1.82) is 0 Å². The van der Waals surface area contributed by atoms with E-state index in [0.29, 0.717) is 0 Å². The highest BCUT2D eigenvalue weighted by atomic mass is 16.4. The van der Waals surface area contributed by atoms with Gasteiger partial charge in [-0.1, -0.05) is 20.8 Å². The fourth-order valence-corrected chi connectivity index (χ4v) is 2.22. The average molecular weight is 299 g/mol. The van der Waals surface area contributed by atoms with Gasteiger partial charge in [-0.05, 0) is 18.3 Å². The highest BCUT2D eigenvalue weighted by Gasteiger charge is 2.33. The number of amides is 3. The Morgan fingerprint density at radius 1 is 1.24 bits per heavy atom. The maximum Gasteiger partial charge on any atom is 0.326 e. The van der Waals surface area contributed by atoms with Gasteiger partial charge >= 0.3 is 12.0 Å². The minimum atomic E-state index is -1.09. The predicted octanol–water partition coefficient (Wildman–Crippen LogP) is 0.750. The number of hydrogen-bond acceptors (Lipinski definition) is 3. The summed E-state index contributed by atoms with van der Waals surface area (Å²) in [4.78, 5) is 38.2. The number of likely N-dealkylation sites (N-methyl/N-ethyl adjacent to an activating group) is 1. The normalized spacial score (nSPS) is 16.5. The molecule has 120 valence electrons. The van der Waals surface area contributed by atoms with Crippen molar-refractivity contribution in [3.8, 4) is 0 Å². The molecule has 1 aliphatic rings. The minimum absolute atomic E-state index is 0.0394. The number of carbonyl (C=O) groups excluding carboxylic acids is 2. The highest BCUT2D eigenvalue weighted by Crippen LogP contribution is 2.19. The SMILES string of the molecule is CN(CC(=O)N1CCCC1)C(=O)N[C@H](C(=O)O)C(C)(C)C. The summed E-state index contributed by atoms with van der Waals surface area (Å²) in [6, 6.07) is -1.56. The lowest BCUT2D eigenvalue weighted by Crippen LogP contribution is -2.53. The fourth-order valence-electron chi connectivity index (χ4n) is 2.22. The molecule has 0 aromatic rings. The molecular weight excluding hydrogens is 274 g/mol. The number of aliphatic carboxylic acids is 1. The van der Waals surface area contributed by atoms with Crippen LogP contribution in [0.1, 0.15) is 33.6 Å². The van der Waals surface area contributed by atoms with Gasteiger partial charge in [0.25, 0.3) is 0 Å². The Morgan fingerprint density at radius 3 is 2.19 bits per heavy atom. The molecule has 1 saturated heterocycles. The van der Waals surface area contributed by atoms with Gasteiger partial charge in [-0.15, -0.1) is 0 Å². The van der Waals surface area contributed by atoms with Gasteiger partial charge in [0.15, 0.2) is 0 Å². The minimum Gasteiger partial charge on any atom is -0.480 e. The molecule has 1 aliphatic heterocycles. The lowest BCUT2D eigenvalue weighted by atomic mass is 9.87. The van der Waals surface area contributed by atoms with Crippen molar-refractivity contribution < 1.29 is 19.5 Å². The molecule has 1 rings (SSSR count). The quantitative estimate of drug-likeness (QED) is 0.801. The third-order valence-electron chi connectivity index (χ3n) is 3.56. The number of carboxylic acids is 1.